The number of rotatable bonds is 3. The molecule has 2 aromatic rings. The third kappa shape index (κ3) is 3.16. The van der Waals surface area contributed by atoms with E-state index in [0.29, 0.717) is 24.4 Å². The lowest BCUT2D eigenvalue weighted by atomic mass is 9.90. The van der Waals surface area contributed by atoms with Crippen molar-refractivity contribution in [3.8, 4) is 11.3 Å². The van der Waals surface area contributed by atoms with E-state index in [1.807, 2.05) is 27.8 Å². The van der Waals surface area contributed by atoms with Crippen LogP contribution in [0.3, 0.4) is 0 Å². The van der Waals surface area contributed by atoms with Gasteiger partial charge < -0.3 is 10.0 Å². The number of nitrogens with one attached hydrogen (secondary N) is 1. The van der Waals surface area contributed by atoms with Crippen molar-refractivity contribution < 1.29 is 14.7 Å². The summed E-state index contributed by atoms with van der Waals surface area (Å²) in [5.41, 5.74) is 3.78. The molecule has 8 nitrogen and oxygen atoms in total. The number of nitrogens with zero attached hydrogens (tertiary/aromatic N) is 4. The maximum atomic E-state index is 12.8. The summed E-state index contributed by atoms with van der Waals surface area (Å²) in [5, 5.41) is 20.7. The van der Waals surface area contributed by atoms with Crippen molar-refractivity contribution >= 4 is 11.9 Å². The van der Waals surface area contributed by atoms with Crippen LogP contribution in [-0.2, 0) is 11.8 Å². The Kier molecular flexibility index (Phi) is 4.36. The maximum absolute atomic E-state index is 12.8. The molecule has 2 N–H and O–H groups in total. The standard InChI is InChI=1S/C17H23N5O3/c1-9-5-12(17(24)25)8-22(7-9)16(23)14-6-13(18-19-14)15-10(2)20-21(4)11(15)3/h6,9,12H,5,7-8H2,1-4H3,(H,18,19)(H,24,25). The largest absolute Gasteiger partial charge is 0.481 e. The number of piperidine rings is 1. The highest BCUT2D eigenvalue weighted by atomic mass is 16.4. The predicted octanol–water partition coefficient (Wildman–Crippen LogP) is 1.61. The molecule has 2 aromatic heterocycles. The fourth-order valence-corrected chi connectivity index (χ4v) is 3.57. The molecular weight excluding hydrogens is 322 g/mol. The lowest BCUT2D eigenvalue weighted by Crippen LogP contribution is -2.45. The van der Waals surface area contributed by atoms with Crippen LogP contribution in [0.25, 0.3) is 11.3 Å². The van der Waals surface area contributed by atoms with Crippen molar-refractivity contribution in [1.82, 2.24) is 24.9 Å². The monoisotopic (exact) mass is 345 g/mol. The number of aryl methyl sites for hydroxylation is 2. The van der Waals surface area contributed by atoms with Gasteiger partial charge in [-0.3, -0.25) is 19.4 Å². The highest BCUT2D eigenvalue weighted by molar-refractivity contribution is 5.94. The van der Waals surface area contributed by atoms with Gasteiger partial charge in [0.15, 0.2) is 0 Å². The zero-order chi connectivity index (χ0) is 18.3. The van der Waals surface area contributed by atoms with Crippen LogP contribution >= 0.6 is 0 Å². The van der Waals surface area contributed by atoms with Crippen molar-refractivity contribution in [3.05, 3.63) is 23.1 Å². The molecule has 25 heavy (non-hydrogen) atoms. The Morgan fingerprint density at radius 2 is 2.04 bits per heavy atom. The maximum Gasteiger partial charge on any atom is 0.308 e. The third-order valence-electron chi connectivity index (χ3n) is 4.87. The SMILES string of the molecule is Cc1nn(C)c(C)c1-c1cc(C(=O)N2CC(C)CC(C(=O)O)C2)[nH]n1. The average Bonchev–Trinajstić information content (AvgIpc) is 3.11. The van der Waals surface area contributed by atoms with Gasteiger partial charge >= 0.3 is 5.97 Å². The Labute approximate surface area is 145 Å². The zero-order valence-electron chi connectivity index (χ0n) is 14.9. The Morgan fingerprint density at radius 3 is 2.64 bits per heavy atom. The average molecular weight is 345 g/mol. The van der Waals surface area contributed by atoms with E-state index in [1.165, 1.54) is 0 Å². The summed E-state index contributed by atoms with van der Waals surface area (Å²) in [4.78, 5) is 25.7. The number of carbonyl (C=O) groups is 2. The molecule has 3 rings (SSSR count). The van der Waals surface area contributed by atoms with Gasteiger partial charge in [0.05, 0.1) is 17.3 Å². The summed E-state index contributed by atoms with van der Waals surface area (Å²) < 4.78 is 1.78. The smallest absolute Gasteiger partial charge is 0.308 e. The zero-order valence-corrected chi connectivity index (χ0v) is 14.9. The lowest BCUT2D eigenvalue weighted by molar-refractivity contribution is -0.143. The Bertz CT molecular complexity index is 822. The second kappa shape index (κ2) is 6.34. The number of carboxylic acid groups (broad SMARTS) is 1. The van der Waals surface area contributed by atoms with Gasteiger partial charge in [0, 0.05) is 31.4 Å². The fraction of sp³-hybridized carbons (Fsp3) is 0.529. The predicted molar refractivity (Wildman–Crippen MR) is 91.1 cm³/mol. The molecule has 8 heteroatoms. The van der Waals surface area contributed by atoms with Crippen LogP contribution in [0.1, 0.15) is 35.2 Å². The number of carbonyl (C=O) groups excluding carboxylic acids is 1. The number of aliphatic carboxylic acids is 1. The van der Waals surface area contributed by atoms with Crippen molar-refractivity contribution in [2.24, 2.45) is 18.9 Å². The van der Waals surface area contributed by atoms with Crippen LogP contribution in [0.15, 0.2) is 6.07 Å². The molecule has 134 valence electrons. The van der Waals surface area contributed by atoms with Crippen LogP contribution in [0.5, 0.6) is 0 Å². The van der Waals surface area contributed by atoms with Crippen molar-refractivity contribution in [3.63, 3.8) is 0 Å². The Morgan fingerprint density at radius 1 is 1.32 bits per heavy atom. The van der Waals surface area contributed by atoms with Gasteiger partial charge in [-0.05, 0) is 32.3 Å². The van der Waals surface area contributed by atoms with Crippen molar-refractivity contribution in [1.29, 1.82) is 0 Å². The molecule has 1 fully saturated rings. The van der Waals surface area contributed by atoms with Crippen LogP contribution in [0.2, 0.25) is 0 Å². The van der Waals surface area contributed by atoms with Gasteiger partial charge in [-0.15, -0.1) is 0 Å². The lowest BCUT2D eigenvalue weighted by Gasteiger charge is -2.34. The molecule has 1 saturated heterocycles. The molecule has 0 aliphatic carbocycles. The van der Waals surface area contributed by atoms with Gasteiger partial charge in [-0.25, -0.2) is 0 Å². The summed E-state index contributed by atoms with van der Waals surface area (Å²) in [5.74, 6) is -1.42. The number of H-pyrrole nitrogens is 1. The molecule has 1 aliphatic rings. The molecular formula is C17H23N5O3. The van der Waals surface area contributed by atoms with E-state index in [2.05, 4.69) is 15.3 Å². The van der Waals surface area contributed by atoms with Crippen LogP contribution < -0.4 is 0 Å². The number of likely N-dealkylation sites (tertiary alicyclic amines) is 1. The van der Waals surface area contributed by atoms with Gasteiger partial charge in [-0.1, -0.05) is 6.92 Å². The number of hydrogen-bond acceptors (Lipinski definition) is 4. The highest BCUT2D eigenvalue weighted by Crippen LogP contribution is 2.27. The Balaban J connectivity index is 1.84. The first kappa shape index (κ1) is 17.2. The van der Waals surface area contributed by atoms with Gasteiger partial charge in [0.2, 0.25) is 0 Å². The molecule has 0 saturated carbocycles. The third-order valence-corrected chi connectivity index (χ3v) is 4.87. The van der Waals surface area contributed by atoms with E-state index in [9.17, 15) is 14.7 Å². The molecule has 0 bridgehead atoms. The number of aromatic amines is 1. The van der Waals surface area contributed by atoms with Gasteiger partial charge in [0.25, 0.3) is 5.91 Å². The quantitative estimate of drug-likeness (QED) is 0.879. The van der Waals surface area contributed by atoms with E-state index in [-0.39, 0.29) is 18.4 Å². The number of aromatic nitrogens is 4. The van der Waals surface area contributed by atoms with Crippen molar-refractivity contribution in [2.75, 3.05) is 13.1 Å². The van der Waals surface area contributed by atoms with Crippen LogP contribution in [0.4, 0.5) is 0 Å². The second-order valence-corrected chi connectivity index (χ2v) is 6.92. The first-order valence-corrected chi connectivity index (χ1v) is 8.36. The molecule has 0 radical (unpaired) electrons. The van der Waals surface area contributed by atoms with E-state index in [0.717, 1.165) is 17.0 Å². The molecule has 3 heterocycles. The molecule has 0 spiro atoms. The fourth-order valence-electron chi connectivity index (χ4n) is 3.57. The van der Waals surface area contributed by atoms with Crippen LogP contribution in [-0.4, -0.2) is 55.0 Å². The number of carboxylic acids is 1. The topological polar surface area (TPSA) is 104 Å². The summed E-state index contributed by atoms with van der Waals surface area (Å²) in [7, 11) is 1.87. The number of amides is 1. The minimum atomic E-state index is -0.851. The number of hydrogen-bond donors (Lipinski definition) is 2. The van der Waals surface area contributed by atoms with Gasteiger partial charge in [-0.2, -0.15) is 10.2 Å². The van der Waals surface area contributed by atoms with E-state index in [1.54, 1.807) is 15.6 Å². The van der Waals surface area contributed by atoms with E-state index >= 15 is 0 Å². The summed E-state index contributed by atoms with van der Waals surface area (Å²) in [6, 6.07) is 1.72. The summed E-state index contributed by atoms with van der Waals surface area (Å²) >= 11 is 0. The normalized spacial score (nSPS) is 20.7. The van der Waals surface area contributed by atoms with Crippen molar-refractivity contribution in [2.45, 2.75) is 27.2 Å². The van der Waals surface area contributed by atoms with E-state index < -0.39 is 11.9 Å². The minimum absolute atomic E-state index is 0.156. The van der Waals surface area contributed by atoms with Gasteiger partial charge in [0.1, 0.15) is 5.69 Å². The first-order chi connectivity index (χ1) is 11.8. The summed E-state index contributed by atoms with van der Waals surface area (Å²) in [6.45, 7) is 6.62. The molecule has 1 amide bonds. The van der Waals surface area contributed by atoms with E-state index in [4.69, 9.17) is 0 Å². The minimum Gasteiger partial charge on any atom is -0.481 e. The van der Waals surface area contributed by atoms with Crippen LogP contribution in [0, 0.1) is 25.7 Å². The molecule has 2 atom stereocenters. The summed E-state index contributed by atoms with van der Waals surface area (Å²) in [6.07, 6.45) is 0.599. The molecule has 2 unspecified atom stereocenters. The first-order valence-electron chi connectivity index (χ1n) is 8.36. The Hall–Kier alpha value is -2.64. The highest BCUT2D eigenvalue weighted by Gasteiger charge is 2.33. The molecule has 0 aromatic carbocycles. The second-order valence-electron chi connectivity index (χ2n) is 6.92. The molecule has 1 aliphatic heterocycles.